The molecule has 5 heteroatoms. The molecule has 1 heterocycles. The highest BCUT2D eigenvalue weighted by molar-refractivity contribution is 5.80. The van der Waals surface area contributed by atoms with Crippen LogP contribution in [0.1, 0.15) is 11.4 Å². The van der Waals surface area contributed by atoms with E-state index in [1.165, 1.54) is 5.56 Å². The second-order valence-electron chi connectivity index (χ2n) is 5.65. The summed E-state index contributed by atoms with van der Waals surface area (Å²) in [6.07, 6.45) is 0.864. The predicted octanol–water partition coefficient (Wildman–Crippen LogP) is 2.86. The molecule has 0 amide bonds. The fourth-order valence-corrected chi connectivity index (χ4v) is 2.87. The Morgan fingerprint density at radius 1 is 1.04 bits per heavy atom. The molecular weight excluding hydrogens is 302 g/mol. The lowest BCUT2D eigenvalue weighted by Crippen LogP contribution is -2.14. The van der Waals surface area contributed by atoms with E-state index in [1.54, 1.807) is 14.2 Å². The lowest BCUT2D eigenvalue weighted by Gasteiger charge is -2.11. The first kappa shape index (κ1) is 16.3. The molecule has 5 nitrogen and oxygen atoms in total. The van der Waals surface area contributed by atoms with Gasteiger partial charge in [0.2, 0.25) is 0 Å². The van der Waals surface area contributed by atoms with Gasteiger partial charge in [0.1, 0.15) is 5.82 Å². The number of likely N-dealkylation sites (N-methyl/N-ethyl adjacent to an activating group) is 1. The van der Waals surface area contributed by atoms with Crippen molar-refractivity contribution >= 4 is 11.0 Å². The molecule has 0 aliphatic rings. The van der Waals surface area contributed by atoms with Gasteiger partial charge in [-0.3, -0.25) is 0 Å². The molecule has 2 aromatic carbocycles. The number of nitrogens with zero attached hydrogens (tertiary/aromatic N) is 2. The molecule has 1 N–H and O–H groups in total. The van der Waals surface area contributed by atoms with Gasteiger partial charge in [0.15, 0.2) is 11.5 Å². The van der Waals surface area contributed by atoms with E-state index < -0.39 is 0 Å². The number of rotatable bonds is 7. The van der Waals surface area contributed by atoms with Gasteiger partial charge in [-0.15, -0.1) is 0 Å². The molecule has 0 saturated heterocycles. The van der Waals surface area contributed by atoms with E-state index in [9.17, 15) is 0 Å². The molecule has 0 atom stereocenters. The van der Waals surface area contributed by atoms with Gasteiger partial charge in [-0.2, -0.15) is 0 Å². The summed E-state index contributed by atoms with van der Waals surface area (Å²) in [5.74, 6) is 2.48. The Morgan fingerprint density at radius 2 is 1.75 bits per heavy atom. The number of ether oxygens (including phenoxy) is 2. The van der Waals surface area contributed by atoms with Crippen LogP contribution >= 0.6 is 0 Å². The number of fused-ring (bicyclic) bond motifs is 1. The molecule has 0 spiro atoms. The SMILES string of the molecule is CNCCc1nc2cc(OC)c(OC)cc2n1Cc1ccccc1. The second-order valence-corrected chi connectivity index (χ2v) is 5.65. The molecule has 3 aromatic rings. The number of aromatic nitrogens is 2. The zero-order chi connectivity index (χ0) is 16.9. The summed E-state index contributed by atoms with van der Waals surface area (Å²) in [6.45, 7) is 1.66. The summed E-state index contributed by atoms with van der Waals surface area (Å²) >= 11 is 0. The number of benzene rings is 2. The lowest BCUT2D eigenvalue weighted by molar-refractivity contribution is 0.355. The lowest BCUT2D eigenvalue weighted by atomic mass is 10.2. The summed E-state index contributed by atoms with van der Waals surface area (Å²) < 4.78 is 13.1. The minimum atomic E-state index is 0.703. The molecule has 1 aromatic heterocycles. The van der Waals surface area contributed by atoms with Crippen molar-refractivity contribution in [2.75, 3.05) is 27.8 Å². The fraction of sp³-hybridized carbons (Fsp3) is 0.316. The topological polar surface area (TPSA) is 48.3 Å². The van der Waals surface area contributed by atoms with Crippen LogP contribution < -0.4 is 14.8 Å². The average molecular weight is 325 g/mol. The largest absolute Gasteiger partial charge is 0.493 e. The first-order valence-electron chi connectivity index (χ1n) is 8.06. The Bertz CT molecular complexity index is 812. The molecule has 0 unspecified atom stereocenters. The van der Waals surface area contributed by atoms with Crippen molar-refractivity contribution in [2.24, 2.45) is 0 Å². The molecule has 24 heavy (non-hydrogen) atoms. The standard InChI is InChI=1S/C19H23N3O2/c1-20-10-9-19-21-15-11-17(23-2)18(24-3)12-16(15)22(19)13-14-7-5-4-6-8-14/h4-8,11-12,20H,9-10,13H2,1-3H3. The Hall–Kier alpha value is -2.53. The van der Waals surface area contributed by atoms with Gasteiger partial charge in [-0.1, -0.05) is 30.3 Å². The van der Waals surface area contributed by atoms with Gasteiger partial charge >= 0.3 is 0 Å². The maximum atomic E-state index is 5.46. The number of methoxy groups -OCH3 is 2. The van der Waals surface area contributed by atoms with E-state index in [-0.39, 0.29) is 0 Å². The molecular formula is C19H23N3O2. The summed E-state index contributed by atoms with van der Waals surface area (Å²) in [7, 11) is 5.26. The van der Waals surface area contributed by atoms with Gasteiger partial charge in [0.05, 0.1) is 25.3 Å². The minimum absolute atomic E-state index is 0.703. The van der Waals surface area contributed by atoms with E-state index in [4.69, 9.17) is 14.5 Å². The summed E-state index contributed by atoms with van der Waals surface area (Å²) in [4.78, 5) is 4.82. The van der Waals surface area contributed by atoms with Gasteiger partial charge in [0.25, 0.3) is 0 Å². The smallest absolute Gasteiger partial charge is 0.163 e. The predicted molar refractivity (Wildman–Crippen MR) is 96.0 cm³/mol. The van der Waals surface area contributed by atoms with Crippen LogP contribution in [0.25, 0.3) is 11.0 Å². The maximum Gasteiger partial charge on any atom is 0.163 e. The van der Waals surface area contributed by atoms with Crippen LogP contribution in [-0.2, 0) is 13.0 Å². The van der Waals surface area contributed by atoms with Crippen LogP contribution in [0.4, 0.5) is 0 Å². The van der Waals surface area contributed by atoms with Crippen molar-refractivity contribution in [3.63, 3.8) is 0 Å². The second kappa shape index (κ2) is 7.36. The highest BCUT2D eigenvalue weighted by atomic mass is 16.5. The normalized spacial score (nSPS) is 11.0. The highest BCUT2D eigenvalue weighted by Crippen LogP contribution is 2.32. The van der Waals surface area contributed by atoms with Gasteiger partial charge in [-0.05, 0) is 12.6 Å². The van der Waals surface area contributed by atoms with Crippen molar-refractivity contribution in [1.82, 2.24) is 14.9 Å². The van der Waals surface area contributed by atoms with Crippen LogP contribution in [0.2, 0.25) is 0 Å². The van der Waals surface area contributed by atoms with Crippen LogP contribution in [0, 0.1) is 0 Å². The Labute approximate surface area is 142 Å². The maximum absolute atomic E-state index is 5.46. The van der Waals surface area contributed by atoms with Gasteiger partial charge in [0, 0.05) is 31.6 Å². The van der Waals surface area contributed by atoms with Crippen molar-refractivity contribution in [3.8, 4) is 11.5 Å². The molecule has 0 aliphatic heterocycles. The molecule has 3 rings (SSSR count). The Morgan fingerprint density at radius 3 is 2.42 bits per heavy atom. The Balaban J connectivity index is 2.11. The number of hydrogen-bond acceptors (Lipinski definition) is 4. The molecule has 126 valence electrons. The average Bonchev–Trinajstić information content (AvgIpc) is 2.96. The van der Waals surface area contributed by atoms with Gasteiger partial charge in [-0.25, -0.2) is 4.98 Å². The first-order valence-corrected chi connectivity index (χ1v) is 8.06. The van der Waals surface area contributed by atoms with E-state index in [1.807, 2.05) is 25.2 Å². The monoisotopic (exact) mass is 325 g/mol. The highest BCUT2D eigenvalue weighted by Gasteiger charge is 2.15. The van der Waals surface area contributed by atoms with Crippen molar-refractivity contribution in [2.45, 2.75) is 13.0 Å². The van der Waals surface area contributed by atoms with Gasteiger partial charge < -0.3 is 19.4 Å². The quantitative estimate of drug-likeness (QED) is 0.726. The molecule has 0 aliphatic carbocycles. The zero-order valence-corrected chi connectivity index (χ0v) is 14.4. The zero-order valence-electron chi connectivity index (χ0n) is 14.4. The number of imidazole rings is 1. The summed E-state index contributed by atoms with van der Waals surface area (Å²) in [5, 5.41) is 3.19. The van der Waals surface area contributed by atoms with E-state index in [0.29, 0.717) is 5.75 Å². The van der Waals surface area contributed by atoms with Crippen LogP contribution in [0.3, 0.4) is 0 Å². The summed E-state index contributed by atoms with van der Waals surface area (Å²) in [6, 6.07) is 14.4. The fourth-order valence-electron chi connectivity index (χ4n) is 2.87. The van der Waals surface area contributed by atoms with E-state index in [2.05, 4.69) is 34.1 Å². The minimum Gasteiger partial charge on any atom is -0.493 e. The summed E-state index contributed by atoms with van der Waals surface area (Å²) in [5.41, 5.74) is 3.23. The molecule has 0 radical (unpaired) electrons. The van der Waals surface area contributed by atoms with Crippen molar-refractivity contribution in [3.05, 3.63) is 53.9 Å². The van der Waals surface area contributed by atoms with Crippen LogP contribution in [-0.4, -0.2) is 37.4 Å². The third kappa shape index (κ3) is 3.21. The Kier molecular flexibility index (Phi) is 5.01. The van der Waals surface area contributed by atoms with Crippen LogP contribution in [0.5, 0.6) is 11.5 Å². The molecule has 0 bridgehead atoms. The molecule has 0 saturated carbocycles. The first-order chi connectivity index (χ1) is 11.8. The third-order valence-electron chi connectivity index (χ3n) is 4.11. The van der Waals surface area contributed by atoms with Crippen molar-refractivity contribution < 1.29 is 9.47 Å². The van der Waals surface area contributed by atoms with E-state index in [0.717, 1.165) is 42.1 Å². The number of nitrogens with one attached hydrogen (secondary N) is 1. The van der Waals surface area contributed by atoms with Crippen LogP contribution in [0.15, 0.2) is 42.5 Å². The van der Waals surface area contributed by atoms with Crippen molar-refractivity contribution in [1.29, 1.82) is 0 Å². The van der Waals surface area contributed by atoms with E-state index >= 15 is 0 Å². The third-order valence-corrected chi connectivity index (χ3v) is 4.11. The molecule has 0 fully saturated rings. The number of hydrogen-bond donors (Lipinski definition) is 1.